The Kier molecular flexibility index (Phi) is 3.76. The number of thiazole rings is 1. The zero-order valence-corrected chi connectivity index (χ0v) is 10.5. The lowest BCUT2D eigenvalue weighted by atomic mass is 10.3. The molecule has 1 heterocycles. The van der Waals surface area contributed by atoms with E-state index in [0.717, 1.165) is 19.0 Å². The van der Waals surface area contributed by atoms with Crippen LogP contribution in [-0.2, 0) is 6.54 Å². The molecule has 0 unspecified atom stereocenters. The average molecular weight is 224 g/mol. The van der Waals surface area contributed by atoms with Crippen molar-refractivity contribution in [1.29, 1.82) is 0 Å². The van der Waals surface area contributed by atoms with Gasteiger partial charge in [-0.1, -0.05) is 13.3 Å². The van der Waals surface area contributed by atoms with Crippen molar-refractivity contribution in [2.24, 2.45) is 0 Å². The van der Waals surface area contributed by atoms with Crippen molar-refractivity contribution in [3.63, 3.8) is 0 Å². The topological polar surface area (TPSA) is 24.9 Å². The Labute approximate surface area is 96.1 Å². The molecule has 3 heteroatoms. The minimum atomic E-state index is 0.804. The van der Waals surface area contributed by atoms with E-state index in [9.17, 15) is 0 Å². The highest BCUT2D eigenvalue weighted by molar-refractivity contribution is 7.11. The van der Waals surface area contributed by atoms with Crippen LogP contribution in [0.4, 0.5) is 0 Å². The Hall–Kier alpha value is -0.410. The van der Waals surface area contributed by atoms with Crippen LogP contribution in [0.3, 0.4) is 0 Å². The number of hydrogen-bond acceptors (Lipinski definition) is 3. The van der Waals surface area contributed by atoms with Gasteiger partial charge in [0.1, 0.15) is 0 Å². The van der Waals surface area contributed by atoms with E-state index in [0.29, 0.717) is 0 Å². The minimum Gasteiger partial charge on any atom is -0.312 e. The molecule has 1 aromatic rings. The molecule has 0 saturated heterocycles. The van der Waals surface area contributed by atoms with Gasteiger partial charge >= 0.3 is 0 Å². The molecular formula is C12H20N2S. The lowest BCUT2D eigenvalue weighted by Crippen LogP contribution is -2.14. The molecule has 0 atom stereocenters. The second-order valence-corrected chi connectivity index (χ2v) is 5.48. The van der Waals surface area contributed by atoms with Crippen molar-refractivity contribution in [3.05, 3.63) is 15.6 Å². The maximum absolute atomic E-state index is 4.65. The van der Waals surface area contributed by atoms with Crippen LogP contribution in [0.15, 0.2) is 0 Å². The molecule has 2 nitrogen and oxygen atoms in total. The van der Waals surface area contributed by atoms with Gasteiger partial charge < -0.3 is 5.32 Å². The van der Waals surface area contributed by atoms with Gasteiger partial charge in [0.2, 0.25) is 0 Å². The first kappa shape index (κ1) is 11.1. The Morgan fingerprint density at radius 3 is 2.93 bits per heavy atom. The molecule has 0 bridgehead atoms. The van der Waals surface area contributed by atoms with Crippen molar-refractivity contribution >= 4 is 11.3 Å². The van der Waals surface area contributed by atoms with Gasteiger partial charge in [-0.15, -0.1) is 11.3 Å². The molecular weight excluding hydrogens is 204 g/mol. The highest BCUT2D eigenvalue weighted by atomic mass is 32.1. The van der Waals surface area contributed by atoms with Crippen LogP contribution in [0.25, 0.3) is 0 Å². The van der Waals surface area contributed by atoms with Crippen LogP contribution in [0, 0.1) is 6.92 Å². The van der Waals surface area contributed by atoms with Gasteiger partial charge in [0, 0.05) is 17.3 Å². The molecule has 0 amide bonds. The largest absolute Gasteiger partial charge is 0.312 e. The highest BCUT2D eigenvalue weighted by Gasteiger charge is 2.27. The van der Waals surface area contributed by atoms with Gasteiger partial charge in [-0.25, -0.2) is 4.98 Å². The number of rotatable bonds is 6. The predicted octanol–water partition coefficient (Wildman–Crippen LogP) is 3.22. The summed E-state index contributed by atoms with van der Waals surface area (Å²) in [7, 11) is 0. The third-order valence-corrected chi connectivity index (χ3v) is 4.15. The van der Waals surface area contributed by atoms with Crippen LogP contribution >= 0.6 is 11.3 Å². The Morgan fingerprint density at radius 1 is 1.47 bits per heavy atom. The van der Waals surface area contributed by atoms with Crippen molar-refractivity contribution in [2.75, 3.05) is 6.54 Å². The standard InChI is InChI=1S/C12H20N2S/c1-3-4-7-13-8-11-9(2)14-12(15-11)10-5-6-10/h10,13H,3-8H2,1-2H3. The van der Waals surface area contributed by atoms with Crippen LogP contribution in [0.5, 0.6) is 0 Å². The van der Waals surface area contributed by atoms with E-state index in [-0.39, 0.29) is 0 Å². The molecule has 15 heavy (non-hydrogen) atoms. The highest BCUT2D eigenvalue weighted by Crippen LogP contribution is 2.42. The fraction of sp³-hybridized carbons (Fsp3) is 0.750. The minimum absolute atomic E-state index is 0.804. The molecule has 1 aliphatic rings. The van der Waals surface area contributed by atoms with E-state index in [2.05, 4.69) is 24.1 Å². The number of unbranched alkanes of at least 4 members (excludes halogenated alkanes) is 1. The molecule has 1 N–H and O–H groups in total. The normalized spacial score (nSPS) is 15.9. The number of aryl methyl sites for hydroxylation is 1. The monoisotopic (exact) mass is 224 g/mol. The van der Waals surface area contributed by atoms with Gasteiger partial charge in [-0.3, -0.25) is 0 Å². The SMILES string of the molecule is CCCCNCc1sc(C2CC2)nc1C. The Morgan fingerprint density at radius 2 is 2.27 bits per heavy atom. The van der Waals surface area contributed by atoms with Crippen LogP contribution in [0.2, 0.25) is 0 Å². The average Bonchev–Trinajstić information content (AvgIpc) is 3.00. The Bertz CT molecular complexity index is 315. The van der Waals surface area contributed by atoms with Gasteiger partial charge in [0.05, 0.1) is 10.7 Å². The van der Waals surface area contributed by atoms with E-state index in [1.165, 1.54) is 41.3 Å². The van der Waals surface area contributed by atoms with E-state index < -0.39 is 0 Å². The fourth-order valence-electron chi connectivity index (χ4n) is 1.62. The van der Waals surface area contributed by atoms with Gasteiger partial charge in [-0.05, 0) is 32.7 Å². The number of nitrogens with one attached hydrogen (secondary N) is 1. The first-order valence-electron chi connectivity index (χ1n) is 5.98. The van der Waals surface area contributed by atoms with Gasteiger partial charge in [0.25, 0.3) is 0 Å². The molecule has 1 aliphatic carbocycles. The van der Waals surface area contributed by atoms with Crippen LogP contribution in [-0.4, -0.2) is 11.5 Å². The lowest BCUT2D eigenvalue weighted by Gasteiger charge is -2.01. The molecule has 2 rings (SSSR count). The van der Waals surface area contributed by atoms with Crippen molar-refractivity contribution in [2.45, 2.75) is 52.0 Å². The predicted molar refractivity (Wildman–Crippen MR) is 65.4 cm³/mol. The summed E-state index contributed by atoms with van der Waals surface area (Å²) in [5.41, 5.74) is 1.24. The van der Waals surface area contributed by atoms with E-state index >= 15 is 0 Å². The zero-order valence-electron chi connectivity index (χ0n) is 9.68. The maximum Gasteiger partial charge on any atom is 0.0962 e. The summed E-state index contributed by atoms with van der Waals surface area (Å²) < 4.78 is 0. The van der Waals surface area contributed by atoms with Crippen LogP contribution in [0.1, 0.15) is 54.1 Å². The molecule has 0 radical (unpaired) electrons. The molecule has 0 aliphatic heterocycles. The maximum atomic E-state index is 4.65. The summed E-state index contributed by atoms with van der Waals surface area (Å²) in [4.78, 5) is 6.09. The fourth-order valence-corrected chi connectivity index (χ4v) is 2.83. The summed E-state index contributed by atoms with van der Waals surface area (Å²) in [6.07, 6.45) is 5.25. The lowest BCUT2D eigenvalue weighted by molar-refractivity contribution is 0.644. The molecule has 84 valence electrons. The number of hydrogen-bond donors (Lipinski definition) is 1. The number of nitrogens with zero attached hydrogens (tertiary/aromatic N) is 1. The smallest absolute Gasteiger partial charge is 0.0962 e. The van der Waals surface area contributed by atoms with Crippen molar-refractivity contribution in [3.8, 4) is 0 Å². The zero-order chi connectivity index (χ0) is 10.7. The first-order valence-corrected chi connectivity index (χ1v) is 6.79. The summed E-state index contributed by atoms with van der Waals surface area (Å²) in [6, 6.07) is 0. The van der Waals surface area contributed by atoms with Gasteiger partial charge in [0.15, 0.2) is 0 Å². The van der Waals surface area contributed by atoms with Crippen molar-refractivity contribution < 1.29 is 0 Å². The van der Waals surface area contributed by atoms with Gasteiger partial charge in [-0.2, -0.15) is 0 Å². The molecule has 0 aromatic carbocycles. The first-order chi connectivity index (χ1) is 7.31. The third kappa shape index (κ3) is 3.02. The second-order valence-electron chi connectivity index (χ2n) is 4.37. The quantitative estimate of drug-likeness (QED) is 0.750. The molecule has 1 saturated carbocycles. The third-order valence-electron chi connectivity index (χ3n) is 2.83. The van der Waals surface area contributed by atoms with E-state index in [4.69, 9.17) is 0 Å². The molecule has 1 aromatic heterocycles. The van der Waals surface area contributed by atoms with E-state index in [1.54, 1.807) is 0 Å². The van der Waals surface area contributed by atoms with Crippen LogP contribution < -0.4 is 5.32 Å². The summed E-state index contributed by atoms with van der Waals surface area (Å²) in [6.45, 7) is 6.51. The second kappa shape index (κ2) is 5.08. The number of aromatic nitrogens is 1. The van der Waals surface area contributed by atoms with E-state index in [1.807, 2.05) is 11.3 Å². The summed E-state index contributed by atoms with van der Waals surface area (Å²) in [5, 5.41) is 4.86. The summed E-state index contributed by atoms with van der Waals surface area (Å²) >= 11 is 1.91. The van der Waals surface area contributed by atoms with Crippen molar-refractivity contribution in [1.82, 2.24) is 10.3 Å². The summed E-state index contributed by atoms with van der Waals surface area (Å²) in [5.74, 6) is 0.804. The molecule has 0 spiro atoms. The Balaban J connectivity index is 1.84. The molecule has 1 fully saturated rings.